The molecule has 0 aromatic rings. The Hall–Kier alpha value is 0.430. The zero-order valence-electron chi connectivity index (χ0n) is 13.4. The highest BCUT2D eigenvalue weighted by Gasteiger charge is 2.58. The number of hydrogen-bond donors (Lipinski definition) is 1. The first-order valence-corrected chi connectivity index (χ1v) is 10.1. The molecule has 3 fully saturated rings. The summed E-state index contributed by atoms with van der Waals surface area (Å²) in [6.45, 7) is 5.12. The van der Waals surface area contributed by atoms with Gasteiger partial charge >= 0.3 is 0 Å². The molecule has 4 aliphatic carbocycles. The summed E-state index contributed by atoms with van der Waals surface area (Å²) in [5.74, 6) is 3.58. The van der Waals surface area contributed by atoms with Gasteiger partial charge in [-0.2, -0.15) is 0 Å². The second kappa shape index (κ2) is 4.96. The van der Waals surface area contributed by atoms with E-state index in [0.29, 0.717) is 10.8 Å². The van der Waals surface area contributed by atoms with Gasteiger partial charge in [-0.3, -0.25) is 0 Å². The summed E-state index contributed by atoms with van der Waals surface area (Å²) in [6.07, 6.45) is 12.9. The van der Waals surface area contributed by atoms with Crippen LogP contribution in [0.5, 0.6) is 0 Å². The largest absolute Gasteiger partial charge is 0.393 e. The van der Waals surface area contributed by atoms with Crippen LogP contribution in [0, 0.1) is 34.5 Å². The predicted octanol–water partition coefficient (Wildman–Crippen LogP) is 5.32. The molecule has 2 heteroatoms. The third kappa shape index (κ3) is 2.03. The molecule has 0 aromatic carbocycles. The maximum Gasteiger partial charge on any atom is 0.0543 e. The quantitative estimate of drug-likeness (QED) is 0.546. The van der Waals surface area contributed by atoms with Crippen LogP contribution in [0.2, 0.25) is 0 Å². The lowest BCUT2D eigenvalue weighted by atomic mass is 9.45. The summed E-state index contributed by atoms with van der Waals surface area (Å²) in [5.41, 5.74) is 1.02. The highest BCUT2D eigenvalue weighted by atomic mass is 127. The molecule has 118 valence electrons. The number of rotatable bonds is 0. The highest BCUT2D eigenvalue weighted by molar-refractivity contribution is 14.1. The minimum absolute atomic E-state index is 0.0115. The van der Waals surface area contributed by atoms with E-state index >= 15 is 0 Å². The van der Waals surface area contributed by atoms with Crippen molar-refractivity contribution in [1.82, 2.24) is 0 Å². The van der Waals surface area contributed by atoms with E-state index in [9.17, 15) is 5.11 Å². The fourth-order valence-electron chi connectivity index (χ4n) is 6.75. The standard InChI is InChI=1S/C19H29IO/c1-18-9-7-13(21)11-12(18)3-4-14-15-5-6-17(20)19(15,2)10-8-16(14)18/h6,12-16,21H,3-5,7-11H2,1-2H3/t12?,13-,14?,15-,16-,18?,19-/m0/s1. The van der Waals surface area contributed by atoms with Crippen molar-refractivity contribution in [2.45, 2.75) is 71.3 Å². The third-order valence-corrected chi connectivity index (χ3v) is 9.80. The molecule has 0 aliphatic heterocycles. The molecular weight excluding hydrogens is 371 g/mol. The van der Waals surface area contributed by atoms with Crippen LogP contribution in [0.1, 0.15) is 65.2 Å². The molecule has 0 amide bonds. The summed E-state index contributed by atoms with van der Waals surface area (Å²) in [6, 6.07) is 0. The molecule has 21 heavy (non-hydrogen) atoms. The van der Waals surface area contributed by atoms with Gasteiger partial charge in [0.15, 0.2) is 0 Å². The molecule has 0 radical (unpaired) electrons. The summed E-state index contributed by atoms with van der Waals surface area (Å²) in [5, 5.41) is 10.1. The van der Waals surface area contributed by atoms with Crippen LogP contribution in [0.3, 0.4) is 0 Å². The fraction of sp³-hybridized carbons (Fsp3) is 0.895. The Balaban J connectivity index is 1.63. The fourth-order valence-corrected chi connectivity index (χ4v) is 7.67. The first-order chi connectivity index (χ1) is 9.95. The molecule has 4 aliphatic rings. The maximum atomic E-state index is 10.1. The van der Waals surface area contributed by atoms with Crippen molar-refractivity contribution >= 4 is 22.6 Å². The average molecular weight is 400 g/mol. The Morgan fingerprint density at radius 2 is 1.90 bits per heavy atom. The van der Waals surface area contributed by atoms with Crippen LogP contribution in [0.25, 0.3) is 0 Å². The Bertz CT molecular complexity index is 472. The van der Waals surface area contributed by atoms with Crippen molar-refractivity contribution in [2.24, 2.45) is 34.5 Å². The third-order valence-electron chi connectivity index (χ3n) is 8.12. The van der Waals surface area contributed by atoms with E-state index in [4.69, 9.17) is 0 Å². The van der Waals surface area contributed by atoms with E-state index < -0.39 is 0 Å². The second-order valence-corrected chi connectivity index (χ2v) is 9.99. The lowest BCUT2D eigenvalue weighted by Crippen LogP contribution is -2.53. The van der Waals surface area contributed by atoms with E-state index in [1.54, 1.807) is 3.58 Å². The van der Waals surface area contributed by atoms with E-state index in [2.05, 4.69) is 42.5 Å². The normalized spacial score (nSPS) is 56.2. The molecule has 3 unspecified atom stereocenters. The maximum absolute atomic E-state index is 10.1. The average Bonchev–Trinajstić information content (AvgIpc) is 2.76. The van der Waals surface area contributed by atoms with Crippen molar-refractivity contribution < 1.29 is 5.11 Å². The number of aliphatic hydroxyl groups excluding tert-OH is 1. The number of halogens is 1. The Labute approximate surface area is 143 Å². The number of aliphatic hydroxyl groups is 1. The van der Waals surface area contributed by atoms with Crippen LogP contribution in [-0.2, 0) is 0 Å². The van der Waals surface area contributed by atoms with Gasteiger partial charge in [-0.05, 0) is 107 Å². The molecule has 1 nitrogen and oxygen atoms in total. The van der Waals surface area contributed by atoms with Crippen molar-refractivity contribution in [1.29, 1.82) is 0 Å². The molecule has 3 saturated carbocycles. The van der Waals surface area contributed by atoms with E-state index in [1.165, 1.54) is 38.5 Å². The smallest absolute Gasteiger partial charge is 0.0543 e. The van der Waals surface area contributed by atoms with Gasteiger partial charge in [0.1, 0.15) is 0 Å². The monoisotopic (exact) mass is 400 g/mol. The summed E-state index contributed by atoms with van der Waals surface area (Å²) in [4.78, 5) is 0. The second-order valence-electron chi connectivity index (χ2n) is 8.83. The minimum atomic E-state index is -0.0115. The SMILES string of the molecule is CC12CC[C@H](O)CC1CCC1[C@@H]2CC[C@]2(C)C(I)=CC[C@@H]12. The molecule has 0 heterocycles. The van der Waals surface area contributed by atoms with Gasteiger partial charge in [0, 0.05) is 5.41 Å². The molecule has 0 bridgehead atoms. The van der Waals surface area contributed by atoms with Gasteiger partial charge in [0.25, 0.3) is 0 Å². The molecule has 1 N–H and O–H groups in total. The van der Waals surface area contributed by atoms with Crippen LogP contribution in [-0.4, -0.2) is 11.2 Å². The molecule has 7 atom stereocenters. The van der Waals surface area contributed by atoms with E-state index in [1.807, 2.05) is 0 Å². The van der Waals surface area contributed by atoms with Crippen LogP contribution >= 0.6 is 22.6 Å². The Morgan fingerprint density at radius 1 is 1.10 bits per heavy atom. The van der Waals surface area contributed by atoms with Crippen molar-refractivity contribution in [3.05, 3.63) is 9.66 Å². The molecule has 0 saturated heterocycles. The molecule has 0 spiro atoms. The van der Waals surface area contributed by atoms with E-state index in [-0.39, 0.29) is 6.10 Å². The van der Waals surface area contributed by atoms with Gasteiger partial charge in [-0.15, -0.1) is 0 Å². The first-order valence-electron chi connectivity index (χ1n) is 8.99. The lowest BCUT2D eigenvalue weighted by Gasteiger charge is -2.60. The number of allylic oxidation sites excluding steroid dienone is 2. The van der Waals surface area contributed by atoms with Crippen molar-refractivity contribution in [3.63, 3.8) is 0 Å². The van der Waals surface area contributed by atoms with Gasteiger partial charge in [0.05, 0.1) is 6.10 Å². The van der Waals surface area contributed by atoms with Crippen LogP contribution < -0.4 is 0 Å². The zero-order chi connectivity index (χ0) is 14.8. The summed E-state index contributed by atoms with van der Waals surface area (Å²) >= 11 is 2.62. The number of fused-ring (bicyclic) bond motifs is 5. The summed E-state index contributed by atoms with van der Waals surface area (Å²) < 4.78 is 1.65. The lowest BCUT2D eigenvalue weighted by molar-refractivity contribution is -0.116. The van der Waals surface area contributed by atoms with E-state index in [0.717, 1.165) is 36.5 Å². The Morgan fingerprint density at radius 3 is 2.71 bits per heavy atom. The van der Waals surface area contributed by atoms with Crippen LogP contribution in [0.15, 0.2) is 9.66 Å². The molecule has 4 rings (SSSR count). The van der Waals surface area contributed by atoms with Gasteiger partial charge in [0.2, 0.25) is 0 Å². The van der Waals surface area contributed by atoms with Gasteiger partial charge < -0.3 is 5.11 Å². The topological polar surface area (TPSA) is 20.2 Å². The zero-order valence-corrected chi connectivity index (χ0v) is 15.6. The predicted molar refractivity (Wildman–Crippen MR) is 95.2 cm³/mol. The summed E-state index contributed by atoms with van der Waals surface area (Å²) in [7, 11) is 0. The van der Waals surface area contributed by atoms with Gasteiger partial charge in [-0.25, -0.2) is 0 Å². The first kappa shape index (κ1) is 15.0. The Kier molecular flexibility index (Phi) is 3.54. The van der Waals surface area contributed by atoms with Crippen molar-refractivity contribution in [3.8, 4) is 0 Å². The number of hydrogen-bond acceptors (Lipinski definition) is 1. The molecule has 0 aromatic heterocycles. The molecular formula is C19H29IO. The van der Waals surface area contributed by atoms with Gasteiger partial charge in [-0.1, -0.05) is 19.9 Å². The highest BCUT2D eigenvalue weighted by Crippen LogP contribution is 2.66. The minimum Gasteiger partial charge on any atom is -0.393 e. The van der Waals surface area contributed by atoms with Crippen LogP contribution in [0.4, 0.5) is 0 Å². The van der Waals surface area contributed by atoms with Crippen molar-refractivity contribution in [2.75, 3.05) is 0 Å².